The zero-order valence-corrected chi connectivity index (χ0v) is 19.2. The molecule has 0 bridgehead atoms. The molecule has 1 aliphatic rings. The smallest absolute Gasteiger partial charge is 0.270 e. The number of benzene rings is 3. The molecule has 176 valence electrons. The van der Waals surface area contributed by atoms with Gasteiger partial charge in [-0.3, -0.25) is 19.8 Å². The Morgan fingerprint density at radius 1 is 1.06 bits per heavy atom. The predicted octanol–water partition coefficient (Wildman–Crippen LogP) is 4.88. The van der Waals surface area contributed by atoms with Crippen LogP contribution >= 0.6 is 0 Å². The van der Waals surface area contributed by atoms with Gasteiger partial charge in [0.2, 0.25) is 5.95 Å². The van der Waals surface area contributed by atoms with Crippen LogP contribution in [-0.2, 0) is 0 Å². The number of carbonyl (C=O) groups excluding carboxylic acids is 1. The van der Waals surface area contributed by atoms with Gasteiger partial charge in [0.1, 0.15) is 12.1 Å². The number of rotatable bonds is 5. The fourth-order valence-corrected chi connectivity index (χ4v) is 4.59. The van der Waals surface area contributed by atoms with Crippen LogP contribution in [0.1, 0.15) is 45.6 Å². The topological polar surface area (TPSA) is 103 Å². The van der Waals surface area contributed by atoms with E-state index in [4.69, 9.17) is 4.74 Å². The number of carbonyl (C=O) groups is 1. The lowest BCUT2D eigenvalue weighted by Gasteiger charge is -2.39. The van der Waals surface area contributed by atoms with Gasteiger partial charge in [-0.1, -0.05) is 54.1 Å². The molecule has 1 aliphatic heterocycles. The van der Waals surface area contributed by atoms with E-state index in [0.29, 0.717) is 12.4 Å². The first-order valence-electron chi connectivity index (χ1n) is 11.1. The summed E-state index contributed by atoms with van der Waals surface area (Å²) in [4.78, 5) is 30.7. The molecule has 2 unspecified atom stereocenters. The minimum absolute atomic E-state index is 0.145. The Hall–Kier alpha value is -4.53. The van der Waals surface area contributed by atoms with Crippen molar-refractivity contribution in [3.63, 3.8) is 0 Å². The zero-order valence-electron chi connectivity index (χ0n) is 19.2. The van der Waals surface area contributed by atoms with E-state index in [9.17, 15) is 14.9 Å². The molecule has 3 aromatic carbocycles. The van der Waals surface area contributed by atoms with Gasteiger partial charge in [0.25, 0.3) is 11.6 Å². The lowest BCUT2D eigenvalue weighted by atomic mass is 9.90. The number of nitrogens with zero attached hydrogens (tertiary/aromatic N) is 5. The molecule has 0 saturated heterocycles. The third-order valence-electron chi connectivity index (χ3n) is 6.31. The number of hydrogen-bond donors (Lipinski definition) is 0. The van der Waals surface area contributed by atoms with Crippen molar-refractivity contribution in [3.05, 3.63) is 111 Å². The molecule has 2 atom stereocenters. The van der Waals surface area contributed by atoms with E-state index < -0.39 is 4.92 Å². The Morgan fingerprint density at radius 2 is 1.83 bits per heavy atom. The van der Waals surface area contributed by atoms with Gasteiger partial charge in [-0.15, -0.1) is 0 Å². The third kappa shape index (κ3) is 4.01. The number of aromatic nitrogens is 3. The van der Waals surface area contributed by atoms with E-state index >= 15 is 0 Å². The van der Waals surface area contributed by atoms with E-state index in [1.165, 1.54) is 24.5 Å². The number of para-hydroxylation sites is 1. The fourth-order valence-electron chi connectivity index (χ4n) is 4.59. The summed E-state index contributed by atoms with van der Waals surface area (Å²) in [7, 11) is 1.62. The number of amides is 1. The quantitative estimate of drug-likeness (QED) is 0.305. The summed E-state index contributed by atoms with van der Waals surface area (Å²) in [5, 5.41) is 15.8. The molecule has 35 heavy (non-hydrogen) atoms. The van der Waals surface area contributed by atoms with Crippen molar-refractivity contribution in [1.29, 1.82) is 0 Å². The normalized spacial score (nSPS) is 17.0. The highest BCUT2D eigenvalue weighted by Gasteiger charge is 2.40. The minimum Gasteiger partial charge on any atom is -0.496 e. The van der Waals surface area contributed by atoms with E-state index in [-0.39, 0.29) is 29.2 Å². The summed E-state index contributed by atoms with van der Waals surface area (Å²) in [6.07, 6.45) is 1.93. The first kappa shape index (κ1) is 22.3. The molecule has 0 aliphatic carbocycles. The molecule has 0 radical (unpaired) electrons. The highest BCUT2D eigenvalue weighted by molar-refractivity contribution is 6.06. The van der Waals surface area contributed by atoms with Crippen molar-refractivity contribution in [2.24, 2.45) is 0 Å². The molecule has 2 heterocycles. The van der Waals surface area contributed by atoms with Crippen LogP contribution in [0.5, 0.6) is 5.75 Å². The van der Waals surface area contributed by atoms with Gasteiger partial charge in [-0.25, -0.2) is 4.68 Å². The summed E-state index contributed by atoms with van der Waals surface area (Å²) in [6.45, 7) is 2.00. The van der Waals surface area contributed by atoms with Crippen LogP contribution in [-0.4, -0.2) is 32.7 Å². The number of hydrogen-bond acceptors (Lipinski definition) is 6. The second-order valence-electron chi connectivity index (χ2n) is 8.41. The van der Waals surface area contributed by atoms with Gasteiger partial charge in [-0.05, 0) is 31.0 Å². The van der Waals surface area contributed by atoms with E-state index in [0.717, 1.165) is 22.4 Å². The SMILES string of the molecule is COc1ccccc1C1CC(c2ccc(C)cc2)N(C(=O)c2cccc([N+](=O)[O-])c2)c2ncnn21. The molecule has 1 amide bonds. The maximum Gasteiger partial charge on any atom is 0.270 e. The summed E-state index contributed by atoms with van der Waals surface area (Å²) < 4.78 is 7.34. The largest absolute Gasteiger partial charge is 0.496 e. The maximum absolute atomic E-state index is 13.8. The third-order valence-corrected chi connectivity index (χ3v) is 6.31. The van der Waals surface area contributed by atoms with Crippen molar-refractivity contribution >= 4 is 17.5 Å². The average molecular weight is 470 g/mol. The van der Waals surface area contributed by atoms with Crippen LogP contribution in [0.25, 0.3) is 0 Å². The van der Waals surface area contributed by atoms with Crippen LogP contribution in [0.2, 0.25) is 0 Å². The van der Waals surface area contributed by atoms with E-state index in [1.54, 1.807) is 22.8 Å². The molecule has 0 saturated carbocycles. The van der Waals surface area contributed by atoms with Crippen molar-refractivity contribution in [1.82, 2.24) is 14.8 Å². The van der Waals surface area contributed by atoms with Gasteiger partial charge >= 0.3 is 0 Å². The molecule has 9 nitrogen and oxygen atoms in total. The lowest BCUT2D eigenvalue weighted by Crippen LogP contribution is -2.42. The number of methoxy groups -OCH3 is 1. The van der Waals surface area contributed by atoms with Crippen LogP contribution in [0.15, 0.2) is 79.1 Å². The predicted molar refractivity (Wildman–Crippen MR) is 130 cm³/mol. The minimum atomic E-state index is -0.509. The maximum atomic E-state index is 13.8. The summed E-state index contributed by atoms with van der Waals surface area (Å²) in [5.74, 6) is 0.710. The van der Waals surface area contributed by atoms with E-state index in [1.807, 2.05) is 55.5 Å². The second-order valence-corrected chi connectivity index (χ2v) is 8.41. The Bertz CT molecular complexity index is 1400. The molecular weight excluding hydrogens is 446 g/mol. The molecule has 5 rings (SSSR count). The van der Waals surface area contributed by atoms with Crippen molar-refractivity contribution in [3.8, 4) is 5.75 Å². The van der Waals surface area contributed by atoms with Gasteiger partial charge in [0, 0.05) is 23.3 Å². The average Bonchev–Trinajstić information content (AvgIpc) is 3.38. The Morgan fingerprint density at radius 3 is 2.57 bits per heavy atom. The fraction of sp³-hybridized carbons (Fsp3) is 0.192. The monoisotopic (exact) mass is 469 g/mol. The lowest BCUT2D eigenvalue weighted by molar-refractivity contribution is -0.384. The number of non-ortho nitro benzene ring substituents is 1. The molecule has 0 N–H and O–H groups in total. The van der Waals surface area contributed by atoms with Gasteiger partial charge < -0.3 is 4.74 Å². The molecule has 9 heteroatoms. The van der Waals surface area contributed by atoms with Gasteiger partial charge in [-0.2, -0.15) is 10.1 Å². The van der Waals surface area contributed by atoms with Crippen molar-refractivity contribution in [2.75, 3.05) is 12.0 Å². The highest BCUT2D eigenvalue weighted by atomic mass is 16.6. The number of fused-ring (bicyclic) bond motifs is 1. The van der Waals surface area contributed by atoms with Crippen molar-refractivity contribution in [2.45, 2.75) is 25.4 Å². The summed E-state index contributed by atoms with van der Waals surface area (Å²) in [6, 6.07) is 20.9. The van der Waals surface area contributed by atoms with Gasteiger partial charge in [0.15, 0.2) is 0 Å². The molecular formula is C26H23N5O4. The summed E-state index contributed by atoms with van der Waals surface area (Å²) >= 11 is 0. The molecule has 1 aromatic heterocycles. The summed E-state index contributed by atoms with van der Waals surface area (Å²) in [5.41, 5.74) is 3.03. The zero-order chi connectivity index (χ0) is 24.5. The van der Waals surface area contributed by atoms with Gasteiger partial charge in [0.05, 0.1) is 24.1 Å². The Labute approximate surface area is 201 Å². The van der Waals surface area contributed by atoms with Crippen LogP contribution in [0.4, 0.5) is 11.6 Å². The molecule has 0 fully saturated rings. The Balaban J connectivity index is 1.66. The number of nitro groups is 1. The van der Waals surface area contributed by atoms with Crippen molar-refractivity contribution < 1.29 is 14.5 Å². The first-order valence-corrected chi connectivity index (χ1v) is 11.1. The number of aryl methyl sites for hydroxylation is 1. The standard InChI is InChI=1S/C26H23N5O4/c1-17-10-12-18(13-11-17)22-15-23(21-8-3-4-9-24(21)35-2)30-26(27-16-28-30)29(22)25(32)19-6-5-7-20(14-19)31(33)34/h3-14,16,22-23H,15H2,1-2H3. The van der Waals surface area contributed by atoms with E-state index in [2.05, 4.69) is 10.1 Å². The molecule has 4 aromatic rings. The Kier molecular flexibility index (Phi) is 5.74. The first-order chi connectivity index (χ1) is 17.0. The number of ether oxygens (including phenoxy) is 1. The van der Waals surface area contributed by atoms with Crippen LogP contribution in [0.3, 0.4) is 0 Å². The highest BCUT2D eigenvalue weighted by Crippen LogP contribution is 2.44. The number of anilines is 1. The second kappa shape index (κ2) is 9.02. The van der Waals surface area contributed by atoms with Crippen LogP contribution < -0.4 is 9.64 Å². The molecule has 0 spiro atoms. The number of nitro benzene ring substituents is 1. The van der Waals surface area contributed by atoms with Crippen LogP contribution in [0, 0.1) is 17.0 Å².